The van der Waals surface area contributed by atoms with Crippen LogP contribution in [0.15, 0.2) is 10.7 Å². The molecule has 1 N–H and O–H groups in total. The number of halogens is 1. The Morgan fingerprint density at radius 1 is 1.67 bits per heavy atom. The van der Waals surface area contributed by atoms with Crippen LogP contribution in [-0.4, -0.2) is 34.3 Å². The molecule has 1 aromatic rings. The van der Waals surface area contributed by atoms with Crippen molar-refractivity contribution in [1.82, 2.24) is 9.97 Å². The third-order valence-electron chi connectivity index (χ3n) is 1.67. The summed E-state index contributed by atoms with van der Waals surface area (Å²) in [5.41, 5.74) is -0.0171. The zero-order valence-electron chi connectivity index (χ0n) is 8.23. The summed E-state index contributed by atoms with van der Waals surface area (Å²) in [7, 11) is 0. The summed E-state index contributed by atoms with van der Waals surface area (Å²) in [5.74, 6) is -0.592. The molecule has 1 heterocycles. The first-order valence-electron chi connectivity index (χ1n) is 4.47. The third-order valence-corrected chi connectivity index (χ3v) is 2.25. The molecule has 6 heteroatoms. The van der Waals surface area contributed by atoms with Gasteiger partial charge in [-0.25, -0.2) is 14.8 Å². The number of hydrogen-bond donors (Lipinski definition) is 1. The number of hydrogen-bond acceptors (Lipinski definition) is 4. The normalized spacial score (nSPS) is 10.3. The fraction of sp³-hybridized carbons (Fsp3) is 0.444. The summed E-state index contributed by atoms with van der Waals surface area (Å²) in [5, 5.41) is 8.81. The van der Waals surface area contributed by atoms with Crippen molar-refractivity contribution in [2.75, 3.05) is 13.2 Å². The van der Waals surface area contributed by atoms with Crippen LogP contribution in [0.1, 0.15) is 23.2 Å². The second kappa shape index (κ2) is 5.77. The lowest BCUT2D eigenvalue weighted by Crippen LogP contribution is -2.08. The number of carboxylic acids is 1. The first kappa shape index (κ1) is 12.1. The first-order chi connectivity index (χ1) is 7.15. The minimum atomic E-state index is -1.07. The molecular weight excluding hydrogens is 264 g/mol. The molecule has 0 saturated carbocycles. The van der Waals surface area contributed by atoms with Gasteiger partial charge in [-0.2, -0.15) is 0 Å². The van der Waals surface area contributed by atoms with Crippen molar-refractivity contribution < 1.29 is 14.6 Å². The maximum absolute atomic E-state index is 10.8. The van der Waals surface area contributed by atoms with E-state index in [9.17, 15) is 4.79 Å². The van der Waals surface area contributed by atoms with Gasteiger partial charge < -0.3 is 9.84 Å². The number of nitrogens with zero attached hydrogens (tertiary/aromatic N) is 2. The molecule has 0 spiro atoms. The minimum Gasteiger partial charge on any atom is -0.476 e. The van der Waals surface area contributed by atoms with E-state index in [0.717, 1.165) is 0 Å². The van der Waals surface area contributed by atoms with Gasteiger partial charge in [0.1, 0.15) is 5.82 Å². The minimum absolute atomic E-state index is 0.0171. The smallest absolute Gasteiger partial charge is 0.355 e. The summed E-state index contributed by atoms with van der Waals surface area (Å²) in [6.07, 6.45) is 1.96. The Labute approximate surface area is 95.6 Å². The summed E-state index contributed by atoms with van der Waals surface area (Å²) in [6.45, 7) is 3.02. The molecule has 0 atom stereocenters. The molecule has 0 aliphatic rings. The average molecular weight is 275 g/mol. The van der Waals surface area contributed by atoms with E-state index in [1.54, 1.807) is 0 Å². The Morgan fingerprint density at radius 2 is 2.40 bits per heavy atom. The van der Waals surface area contributed by atoms with Gasteiger partial charge in [0, 0.05) is 19.2 Å². The summed E-state index contributed by atoms with van der Waals surface area (Å²) >= 11 is 3.08. The van der Waals surface area contributed by atoms with Gasteiger partial charge in [-0.1, -0.05) is 0 Å². The van der Waals surface area contributed by atoms with Crippen molar-refractivity contribution in [3.63, 3.8) is 0 Å². The van der Waals surface area contributed by atoms with Crippen LogP contribution in [0.2, 0.25) is 0 Å². The number of carbonyl (C=O) groups is 1. The lowest BCUT2D eigenvalue weighted by molar-refractivity contribution is 0.0688. The van der Waals surface area contributed by atoms with E-state index in [2.05, 4.69) is 25.9 Å². The van der Waals surface area contributed by atoms with Crippen LogP contribution in [0.3, 0.4) is 0 Å². The molecule has 1 rings (SSSR count). The van der Waals surface area contributed by atoms with Gasteiger partial charge in [-0.05, 0) is 22.9 Å². The van der Waals surface area contributed by atoms with E-state index < -0.39 is 5.97 Å². The number of aromatic nitrogens is 2. The molecule has 0 amide bonds. The maximum Gasteiger partial charge on any atom is 0.355 e. The summed E-state index contributed by atoms with van der Waals surface area (Å²) < 4.78 is 5.51. The van der Waals surface area contributed by atoms with Gasteiger partial charge in [0.2, 0.25) is 0 Å². The average Bonchev–Trinajstić information content (AvgIpc) is 2.20. The molecule has 82 valence electrons. The van der Waals surface area contributed by atoms with E-state index in [0.29, 0.717) is 29.9 Å². The van der Waals surface area contributed by atoms with Crippen molar-refractivity contribution in [1.29, 1.82) is 0 Å². The molecule has 0 aromatic carbocycles. The topological polar surface area (TPSA) is 72.3 Å². The van der Waals surface area contributed by atoms with Crippen LogP contribution in [0, 0.1) is 0 Å². The summed E-state index contributed by atoms with van der Waals surface area (Å²) in [6, 6.07) is 0. The highest BCUT2D eigenvalue weighted by atomic mass is 79.9. The SMILES string of the molecule is CCOCCc1ncc(Br)c(C(=O)O)n1. The molecule has 0 aliphatic carbocycles. The van der Waals surface area contributed by atoms with Gasteiger partial charge in [0.25, 0.3) is 0 Å². The molecule has 0 radical (unpaired) electrons. The van der Waals surface area contributed by atoms with Gasteiger partial charge >= 0.3 is 5.97 Å². The Hall–Kier alpha value is -1.01. The molecule has 1 aromatic heterocycles. The van der Waals surface area contributed by atoms with Gasteiger partial charge in [-0.15, -0.1) is 0 Å². The Morgan fingerprint density at radius 3 is 3.00 bits per heavy atom. The monoisotopic (exact) mass is 274 g/mol. The van der Waals surface area contributed by atoms with Gasteiger partial charge in [0.05, 0.1) is 11.1 Å². The largest absolute Gasteiger partial charge is 0.476 e. The van der Waals surface area contributed by atoms with Crippen molar-refractivity contribution in [3.05, 3.63) is 22.2 Å². The van der Waals surface area contributed by atoms with E-state index in [4.69, 9.17) is 9.84 Å². The second-order valence-corrected chi connectivity index (χ2v) is 3.59. The molecule has 15 heavy (non-hydrogen) atoms. The van der Waals surface area contributed by atoms with Crippen molar-refractivity contribution in [3.8, 4) is 0 Å². The molecule has 0 bridgehead atoms. The van der Waals surface area contributed by atoms with Crippen LogP contribution >= 0.6 is 15.9 Å². The van der Waals surface area contributed by atoms with E-state index >= 15 is 0 Å². The van der Waals surface area contributed by atoms with E-state index in [1.807, 2.05) is 6.92 Å². The van der Waals surface area contributed by atoms with Gasteiger partial charge in [0.15, 0.2) is 5.69 Å². The maximum atomic E-state index is 10.8. The Bertz CT molecular complexity index is 357. The first-order valence-corrected chi connectivity index (χ1v) is 5.27. The van der Waals surface area contributed by atoms with Crippen LogP contribution < -0.4 is 0 Å². The highest BCUT2D eigenvalue weighted by Crippen LogP contribution is 2.13. The van der Waals surface area contributed by atoms with Gasteiger partial charge in [-0.3, -0.25) is 0 Å². The zero-order valence-corrected chi connectivity index (χ0v) is 9.82. The van der Waals surface area contributed by atoms with Crippen LogP contribution in [0.25, 0.3) is 0 Å². The van der Waals surface area contributed by atoms with E-state index in [1.165, 1.54) is 6.20 Å². The highest BCUT2D eigenvalue weighted by Gasteiger charge is 2.11. The quantitative estimate of drug-likeness (QED) is 0.825. The van der Waals surface area contributed by atoms with Crippen molar-refractivity contribution >= 4 is 21.9 Å². The number of rotatable bonds is 5. The fourth-order valence-electron chi connectivity index (χ4n) is 0.982. The number of aromatic carboxylic acids is 1. The second-order valence-electron chi connectivity index (χ2n) is 2.73. The Balaban J connectivity index is 2.74. The predicted octanol–water partition coefficient (Wildman–Crippen LogP) is 1.52. The van der Waals surface area contributed by atoms with Crippen LogP contribution in [0.5, 0.6) is 0 Å². The molecule has 0 unspecified atom stereocenters. The third kappa shape index (κ3) is 3.56. The summed E-state index contributed by atoms with van der Waals surface area (Å²) in [4.78, 5) is 18.7. The lowest BCUT2D eigenvalue weighted by atomic mass is 10.3. The van der Waals surface area contributed by atoms with Crippen LogP contribution in [-0.2, 0) is 11.2 Å². The molecule has 0 saturated heterocycles. The van der Waals surface area contributed by atoms with Crippen molar-refractivity contribution in [2.24, 2.45) is 0 Å². The molecular formula is C9H11BrN2O3. The number of ether oxygens (including phenoxy) is 1. The fourth-order valence-corrected chi connectivity index (χ4v) is 1.34. The zero-order chi connectivity index (χ0) is 11.3. The highest BCUT2D eigenvalue weighted by molar-refractivity contribution is 9.10. The Kier molecular flexibility index (Phi) is 4.64. The van der Waals surface area contributed by atoms with Crippen LogP contribution in [0.4, 0.5) is 0 Å². The lowest BCUT2D eigenvalue weighted by Gasteiger charge is -2.02. The predicted molar refractivity (Wildman–Crippen MR) is 56.9 cm³/mol. The number of carboxylic acid groups (broad SMARTS) is 1. The standard InChI is InChI=1S/C9H11BrN2O3/c1-2-15-4-3-7-11-5-6(10)8(12-7)9(13)14/h5H,2-4H2,1H3,(H,13,14). The van der Waals surface area contributed by atoms with Crippen molar-refractivity contribution in [2.45, 2.75) is 13.3 Å². The molecule has 0 aliphatic heterocycles. The van der Waals surface area contributed by atoms with E-state index in [-0.39, 0.29) is 5.69 Å². The molecule has 0 fully saturated rings. The molecule has 5 nitrogen and oxygen atoms in total.